The SMILES string of the molecule is CC(C)c1cc(-c2ccc(-c3ccccc3)cc2)cc(C(C)C)c1-n1c(-c2[c-]ccc3c2oc2cc([Si](C)(C)C)ccc23)nc2ccccc21.Fc1ccc(-c2[c-]cccc2)nc1.[Ir]. The molecule has 0 bridgehead atoms. The smallest absolute Gasteiger partial charge is 0.139 e. The molecule has 64 heavy (non-hydrogen) atoms. The molecular formula is C57H50FIrN3OSi-2. The first-order valence-corrected chi connectivity index (χ1v) is 25.2. The molecule has 3 aromatic heterocycles. The fourth-order valence-corrected chi connectivity index (χ4v) is 9.50. The van der Waals surface area contributed by atoms with Crippen LogP contribution in [-0.2, 0) is 20.1 Å². The van der Waals surface area contributed by atoms with Gasteiger partial charge in [-0.25, -0.2) is 4.39 Å². The molecule has 0 saturated heterocycles. The van der Waals surface area contributed by atoms with Crippen molar-refractivity contribution < 1.29 is 28.9 Å². The van der Waals surface area contributed by atoms with Gasteiger partial charge in [0.2, 0.25) is 0 Å². The van der Waals surface area contributed by atoms with Gasteiger partial charge in [0.15, 0.2) is 0 Å². The van der Waals surface area contributed by atoms with Gasteiger partial charge in [-0.3, -0.25) is 4.98 Å². The molecule has 0 saturated carbocycles. The summed E-state index contributed by atoms with van der Waals surface area (Å²) in [4.78, 5) is 9.28. The van der Waals surface area contributed by atoms with Crippen molar-refractivity contribution in [3.05, 3.63) is 193 Å². The van der Waals surface area contributed by atoms with Crippen LogP contribution < -0.4 is 5.19 Å². The van der Waals surface area contributed by atoms with E-state index in [0.717, 1.165) is 55.6 Å². The average Bonchev–Trinajstić information content (AvgIpc) is 3.88. The minimum Gasteiger partial charge on any atom is -0.501 e. The predicted molar refractivity (Wildman–Crippen MR) is 263 cm³/mol. The third-order valence-corrected chi connectivity index (χ3v) is 13.8. The first kappa shape index (κ1) is 44.4. The van der Waals surface area contributed by atoms with Crippen molar-refractivity contribution in [2.45, 2.75) is 59.2 Å². The summed E-state index contributed by atoms with van der Waals surface area (Å²) in [5, 5.41) is 3.62. The van der Waals surface area contributed by atoms with E-state index in [-0.39, 0.29) is 37.8 Å². The number of benzene rings is 7. The molecule has 4 nitrogen and oxygen atoms in total. The molecular weight excluding hydrogens is 982 g/mol. The quantitative estimate of drug-likeness (QED) is 0.113. The summed E-state index contributed by atoms with van der Waals surface area (Å²) in [6.45, 7) is 16.3. The van der Waals surface area contributed by atoms with Crippen molar-refractivity contribution in [3.63, 3.8) is 0 Å². The number of imidazole rings is 1. The second-order valence-electron chi connectivity index (χ2n) is 17.8. The van der Waals surface area contributed by atoms with Crippen LogP contribution >= 0.6 is 0 Å². The maximum atomic E-state index is 12.5. The van der Waals surface area contributed by atoms with Gasteiger partial charge >= 0.3 is 0 Å². The Kier molecular flexibility index (Phi) is 12.8. The number of aromatic nitrogens is 3. The molecule has 0 spiro atoms. The average molecular weight is 1030 g/mol. The second kappa shape index (κ2) is 18.5. The Hall–Kier alpha value is -6.24. The Labute approximate surface area is 390 Å². The van der Waals surface area contributed by atoms with Crippen LogP contribution in [0.15, 0.2) is 168 Å². The Morgan fingerprint density at radius 2 is 1.28 bits per heavy atom. The van der Waals surface area contributed by atoms with Crippen LogP contribution in [0.3, 0.4) is 0 Å². The van der Waals surface area contributed by atoms with Crippen LogP contribution in [0.25, 0.3) is 83.6 Å². The fourth-order valence-electron chi connectivity index (χ4n) is 8.35. The monoisotopic (exact) mass is 1030 g/mol. The van der Waals surface area contributed by atoms with Crippen LogP contribution in [0.4, 0.5) is 4.39 Å². The molecule has 10 aromatic rings. The third kappa shape index (κ3) is 8.81. The first-order valence-electron chi connectivity index (χ1n) is 21.7. The van der Waals surface area contributed by atoms with Crippen molar-refractivity contribution in [1.29, 1.82) is 0 Å². The second-order valence-corrected chi connectivity index (χ2v) is 22.9. The standard InChI is InChI=1S/C46H43N2OSi.C11H7FN.Ir/c1-29(2)39-26-34(33-22-20-32(21-23-33)31-14-9-8-10-15-31)27-40(30(3)4)44(39)48-42-19-12-11-18-41(42)47-46(48)38-17-13-16-37-36-25-24-35(50(5,6)7)28-43(36)49-45(37)38;12-10-6-7-11(13-8-10)9-4-2-1-3-5-9;/h8-16,18-30H,1-7H3;1-4,6-8H;/q2*-1;. The Balaban J connectivity index is 0.000000343. The summed E-state index contributed by atoms with van der Waals surface area (Å²) in [6, 6.07) is 60.9. The normalized spacial score (nSPS) is 11.6. The van der Waals surface area contributed by atoms with E-state index in [1.165, 1.54) is 56.5 Å². The van der Waals surface area contributed by atoms with Gasteiger partial charge in [0.25, 0.3) is 0 Å². The molecule has 0 aliphatic carbocycles. The summed E-state index contributed by atoms with van der Waals surface area (Å²) < 4.78 is 21.7. The van der Waals surface area contributed by atoms with E-state index in [0.29, 0.717) is 0 Å². The van der Waals surface area contributed by atoms with E-state index in [4.69, 9.17) is 9.40 Å². The minimum atomic E-state index is -1.52. The molecule has 0 atom stereocenters. The number of pyridine rings is 1. The zero-order valence-corrected chi connectivity index (χ0v) is 40.6. The predicted octanol–water partition coefficient (Wildman–Crippen LogP) is 15.2. The molecule has 321 valence electrons. The van der Waals surface area contributed by atoms with Crippen LogP contribution in [0.2, 0.25) is 19.6 Å². The molecule has 1 radical (unpaired) electrons. The fraction of sp³-hybridized carbons (Fsp3) is 0.158. The molecule has 0 aliphatic heterocycles. The van der Waals surface area contributed by atoms with Crippen LogP contribution in [0.1, 0.15) is 50.7 Å². The van der Waals surface area contributed by atoms with Crippen molar-refractivity contribution in [3.8, 4) is 50.6 Å². The van der Waals surface area contributed by atoms with Gasteiger partial charge in [-0.05, 0) is 87.3 Å². The Bertz CT molecular complexity index is 3180. The zero-order valence-electron chi connectivity index (χ0n) is 37.2. The first-order chi connectivity index (χ1) is 30.4. The largest absolute Gasteiger partial charge is 0.501 e. The number of nitrogens with zero attached hydrogens (tertiary/aromatic N) is 3. The van der Waals surface area contributed by atoms with Gasteiger partial charge in [-0.2, -0.15) is 0 Å². The number of hydrogen-bond donors (Lipinski definition) is 0. The Morgan fingerprint density at radius 1 is 0.625 bits per heavy atom. The number of hydrogen-bond acceptors (Lipinski definition) is 3. The van der Waals surface area contributed by atoms with E-state index in [9.17, 15) is 4.39 Å². The summed E-state index contributed by atoms with van der Waals surface area (Å²) in [7, 11) is -1.52. The summed E-state index contributed by atoms with van der Waals surface area (Å²) in [6.07, 6.45) is 1.20. The number of fused-ring (bicyclic) bond motifs is 4. The van der Waals surface area contributed by atoms with E-state index in [2.05, 4.69) is 184 Å². The minimum absolute atomic E-state index is 0. The van der Waals surface area contributed by atoms with Crippen molar-refractivity contribution in [1.82, 2.24) is 14.5 Å². The van der Waals surface area contributed by atoms with E-state index in [1.54, 1.807) is 12.1 Å². The van der Waals surface area contributed by atoms with Gasteiger partial charge in [0.1, 0.15) is 11.4 Å². The van der Waals surface area contributed by atoms with Gasteiger partial charge in [-0.1, -0.05) is 148 Å². The molecule has 0 N–H and O–H groups in total. The van der Waals surface area contributed by atoms with Crippen LogP contribution in [0, 0.1) is 17.9 Å². The van der Waals surface area contributed by atoms with E-state index in [1.807, 2.05) is 24.3 Å². The number of furan rings is 1. The van der Waals surface area contributed by atoms with Gasteiger partial charge < -0.3 is 14.0 Å². The third-order valence-electron chi connectivity index (χ3n) is 11.8. The van der Waals surface area contributed by atoms with Crippen LogP contribution in [-0.4, -0.2) is 22.6 Å². The molecule has 7 heteroatoms. The maximum absolute atomic E-state index is 12.5. The van der Waals surface area contributed by atoms with Gasteiger partial charge in [0.05, 0.1) is 36.7 Å². The van der Waals surface area contributed by atoms with E-state index >= 15 is 0 Å². The van der Waals surface area contributed by atoms with Crippen molar-refractivity contribution in [2.75, 3.05) is 0 Å². The maximum Gasteiger partial charge on any atom is 0.139 e. The van der Waals surface area contributed by atoms with Gasteiger partial charge in [-0.15, -0.1) is 54.1 Å². The van der Waals surface area contributed by atoms with E-state index < -0.39 is 8.07 Å². The zero-order chi connectivity index (χ0) is 43.8. The molecule has 3 heterocycles. The van der Waals surface area contributed by atoms with Crippen molar-refractivity contribution in [2.24, 2.45) is 0 Å². The molecule has 0 aliphatic rings. The van der Waals surface area contributed by atoms with Crippen molar-refractivity contribution >= 4 is 46.2 Å². The summed E-state index contributed by atoms with van der Waals surface area (Å²) >= 11 is 0. The van der Waals surface area contributed by atoms with Gasteiger partial charge in [0, 0.05) is 31.2 Å². The molecule has 0 amide bonds. The number of rotatable bonds is 8. The van der Waals surface area contributed by atoms with Crippen LogP contribution in [0.5, 0.6) is 0 Å². The topological polar surface area (TPSA) is 43.9 Å². The summed E-state index contributed by atoms with van der Waals surface area (Å²) in [5.41, 5.74) is 15.0. The molecule has 0 fully saturated rings. The molecule has 7 aromatic carbocycles. The summed E-state index contributed by atoms with van der Waals surface area (Å²) in [5.74, 6) is 1.07. The molecule has 0 unspecified atom stereocenters. The number of para-hydroxylation sites is 2. The Morgan fingerprint density at radius 3 is 1.92 bits per heavy atom. The molecule has 10 rings (SSSR count). The number of halogens is 1.